The van der Waals surface area contributed by atoms with E-state index in [-0.39, 0.29) is 30.4 Å². The van der Waals surface area contributed by atoms with Gasteiger partial charge in [-0.05, 0) is 57.4 Å². The molecule has 8 nitrogen and oxygen atoms in total. The van der Waals surface area contributed by atoms with E-state index in [1.165, 1.54) is 0 Å². The lowest BCUT2D eigenvalue weighted by molar-refractivity contribution is -0.164. The number of hydrogen-bond acceptors (Lipinski definition) is 7. The number of ketones is 2. The summed E-state index contributed by atoms with van der Waals surface area (Å²) in [6.45, 7) is 12.3. The quantitative estimate of drug-likeness (QED) is 0.355. The summed E-state index contributed by atoms with van der Waals surface area (Å²) < 4.78 is 12.3. The van der Waals surface area contributed by atoms with E-state index < -0.39 is 65.3 Å². The minimum atomic E-state index is -1.62. The molecule has 12 atom stereocenters. The van der Waals surface area contributed by atoms with Gasteiger partial charge in [-0.2, -0.15) is 0 Å². The van der Waals surface area contributed by atoms with Crippen molar-refractivity contribution in [2.75, 3.05) is 6.61 Å². The molecule has 0 unspecified atom stereocenters. The smallest absolute Gasteiger partial charge is 0.235 e. The molecule has 6 rings (SSSR count). The summed E-state index contributed by atoms with van der Waals surface area (Å²) in [5, 5.41) is 26.3. The summed E-state index contributed by atoms with van der Waals surface area (Å²) in [6.07, 6.45) is 1.65. The maximum absolute atomic E-state index is 15.3. The van der Waals surface area contributed by atoms with Crippen molar-refractivity contribution < 1.29 is 34.1 Å². The Morgan fingerprint density at radius 3 is 2.52 bits per heavy atom. The molecule has 2 saturated heterocycles. The third-order valence-corrected chi connectivity index (χ3v) is 10.9. The first kappa shape index (κ1) is 28.0. The highest BCUT2D eigenvalue weighted by Crippen LogP contribution is 2.60. The maximum Gasteiger partial charge on any atom is 0.235 e. The number of ether oxygens (including phenoxy) is 2. The molecule has 218 valence electrons. The van der Waals surface area contributed by atoms with E-state index in [1.54, 1.807) is 0 Å². The van der Waals surface area contributed by atoms with Crippen LogP contribution in [-0.2, 0) is 23.9 Å². The largest absolute Gasteiger partial charge is 0.390 e. The van der Waals surface area contributed by atoms with Gasteiger partial charge in [0.25, 0.3) is 0 Å². The van der Waals surface area contributed by atoms with Crippen LogP contribution in [-0.4, -0.2) is 64.9 Å². The zero-order valence-corrected chi connectivity index (χ0v) is 24.3. The fraction of sp³-hybridized carbons (Fsp3) is 0.719. The fourth-order valence-electron chi connectivity index (χ4n) is 9.11. The molecule has 8 heteroatoms. The molecular formula is C32H43NO7. The van der Waals surface area contributed by atoms with E-state index in [0.29, 0.717) is 24.3 Å². The first-order valence-electron chi connectivity index (χ1n) is 15.0. The monoisotopic (exact) mass is 553 g/mol. The summed E-state index contributed by atoms with van der Waals surface area (Å²) in [6, 6.07) is -0.211. The zero-order chi connectivity index (χ0) is 28.8. The van der Waals surface area contributed by atoms with E-state index in [4.69, 9.17) is 9.47 Å². The molecule has 1 amide bonds. The summed E-state index contributed by atoms with van der Waals surface area (Å²) in [5.74, 6) is -4.26. The van der Waals surface area contributed by atoms with E-state index in [1.807, 2.05) is 19.9 Å². The molecular weight excluding hydrogens is 510 g/mol. The lowest BCUT2D eigenvalue weighted by Gasteiger charge is -2.49. The first-order valence-corrected chi connectivity index (χ1v) is 15.0. The van der Waals surface area contributed by atoms with Gasteiger partial charge in [-0.15, -0.1) is 0 Å². The van der Waals surface area contributed by atoms with Crippen molar-refractivity contribution in [2.24, 2.45) is 46.8 Å². The Labute approximate surface area is 236 Å². The Morgan fingerprint density at radius 2 is 1.82 bits per heavy atom. The van der Waals surface area contributed by atoms with Gasteiger partial charge in [0.05, 0.1) is 24.7 Å². The van der Waals surface area contributed by atoms with Crippen LogP contribution < -0.4 is 5.32 Å². The Morgan fingerprint density at radius 1 is 1.10 bits per heavy atom. The van der Waals surface area contributed by atoms with Gasteiger partial charge in [0.2, 0.25) is 5.91 Å². The summed E-state index contributed by atoms with van der Waals surface area (Å²) >= 11 is 0. The Bertz CT molecular complexity index is 1230. The first-order chi connectivity index (χ1) is 18.9. The molecule has 0 bridgehead atoms. The second-order valence-electron chi connectivity index (χ2n) is 13.7. The van der Waals surface area contributed by atoms with Crippen LogP contribution in [0.1, 0.15) is 60.8 Å². The molecule has 0 radical (unpaired) electrons. The number of carbonyl (C=O) groups is 3. The summed E-state index contributed by atoms with van der Waals surface area (Å²) in [4.78, 5) is 43.4. The van der Waals surface area contributed by atoms with Gasteiger partial charge in [0.15, 0.2) is 17.9 Å². The van der Waals surface area contributed by atoms with Crippen molar-refractivity contribution in [3.8, 4) is 0 Å². The van der Waals surface area contributed by atoms with Crippen molar-refractivity contribution in [3.05, 3.63) is 34.4 Å². The number of nitrogens with one attached hydrogen (secondary N) is 1. The molecule has 3 heterocycles. The fourth-order valence-corrected chi connectivity index (χ4v) is 9.11. The molecule has 3 fully saturated rings. The number of rotatable bonds is 2. The Kier molecular flexibility index (Phi) is 6.81. The van der Waals surface area contributed by atoms with Crippen molar-refractivity contribution >= 4 is 17.5 Å². The van der Waals surface area contributed by atoms with Crippen molar-refractivity contribution in [1.82, 2.24) is 5.32 Å². The number of aliphatic hydroxyl groups is 2. The SMILES string of the molecule is CC1=C[C@H]2C=C(C)[C@@H](C)[C@H]3[C@H](CC(C)C)NC(=O)[C@@]23C(=O)[C@@H]2[C@H]3[C@@H](O[C@H]4OCC(C)=C(C(=O)[C@H]2O)[C@H]43)[C@@H](O)CC1. The van der Waals surface area contributed by atoms with Gasteiger partial charge in [0.1, 0.15) is 11.5 Å². The third-order valence-electron chi connectivity index (χ3n) is 10.9. The maximum atomic E-state index is 15.3. The second-order valence-corrected chi connectivity index (χ2v) is 13.7. The number of Topliss-reactive ketones (excluding diaryl/α,β-unsaturated/α-hetero) is 2. The standard InChI is InChI=1S/C32H43NO7/c1-13(2)9-19-25-17(6)15(4)11-18-10-14(3)7-8-20(34)28-22-23-21(16(5)12-39-30(23)40-28)26(35)27(36)24(22)29(37)32(18,25)31(38)33-19/h10-11,13,17-20,22-25,27-28,30,34,36H,7-9,12H2,1-6H3,(H,33,38)/t17-,18+,19+,20+,22+,23+,24-,25+,27+,28+,30-,32+/m1/s1. The molecule has 1 spiro atoms. The zero-order valence-electron chi connectivity index (χ0n) is 24.3. The lowest BCUT2D eigenvalue weighted by atomic mass is 9.50. The van der Waals surface area contributed by atoms with Gasteiger partial charge in [-0.3, -0.25) is 14.4 Å². The van der Waals surface area contributed by atoms with Crippen LogP contribution in [0, 0.1) is 46.8 Å². The minimum absolute atomic E-state index is 0.0529. The number of aliphatic hydroxyl groups excluding tert-OH is 2. The molecule has 0 aromatic carbocycles. The number of allylic oxidation sites excluding steroid dienone is 4. The molecule has 3 N–H and O–H groups in total. The number of amides is 1. The van der Waals surface area contributed by atoms with Crippen LogP contribution in [0.5, 0.6) is 0 Å². The van der Waals surface area contributed by atoms with Gasteiger partial charge < -0.3 is 25.0 Å². The van der Waals surface area contributed by atoms with Crippen LogP contribution in [0.25, 0.3) is 0 Å². The Hall–Kier alpha value is -2.13. The van der Waals surface area contributed by atoms with Crippen LogP contribution in [0.15, 0.2) is 34.4 Å². The normalized spacial score (nSPS) is 46.7. The predicted molar refractivity (Wildman–Crippen MR) is 147 cm³/mol. The molecule has 6 aliphatic rings. The highest BCUT2D eigenvalue weighted by atomic mass is 16.7. The van der Waals surface area contributed by atoms with Crippen LogP contribution in [0.4, 0.5) is 0 Å². The molecule has 40 heavy (non-hydrogen) atoms. The molecule has 1 saturated carbocycles. The molecule has 0 aromatic rings. The summed E-state index contributed by atoms with van der Waals surface area (Å²) in [5.41, 5.74) is 1.82. The molecule has 3 aliphatic carbocycles. The predicted octanol–water partition coefficient (Wildman–Crippen LogP) is 2.88. The third kappa shape index (κ3) is 3.75. The van der Waals surface area contributed by atoms with Crippen molar-refractivity contribution in [3.63, 3.8) is 0 Å². The second kappa shape index (κ2) is 9.72. The van der Waals surface area contributed by atoms with E-state index >= 15 is 4.79 Å². The lowest BCUT2D eigenvalue weighted by Crippen LogP contribution is -2.61. The summed E-state index contributed by atoms with van der Waals surface area (Å²) in [7, 11) is 0. The van der Waals surface area contributed by atoms with Crippen LogP contribution in [0.2, 0.25) is 0 Å². The van der Waals surface area contributed by atoms with Crippen molar-refractivity contribution in [1.29, 1.82) is 0 Å². The van der Waals surface area contributed by atoms with Gasteiger partial charge >= 0.3 is 0 Å². The van der Waals surface area contributed by atoms with Crippen LogP contribution >= 0.6 is 0 Å². The van der Waals surface area contributed by atoms with Gasteiger partial charge in [0, 0.05) is 35.3 Å². The minimum Gasteiger partial charge on any atom is -0.390 e. The van der Waals surface area contributed by atoms with E-state index in [2.05, 4.69) is 39.1 Å². The van der Waals surface area contributed by atoms with E-state index in [9.17, 15) is 19.8 Å². The van der Waals surface area contributed by atoms with Gasteiger partial charge in [-0.25, -0.2) is 0 Å². The van der Waals surface area contributed by atoms with E-state index in [0.717, 1.165) is 23.1 Å². The highest BCUT2D eigenvalue weighted by molar-refractivity contribution is 6.13. The Balaban J connectivity index is 1.59. The van der Waals surface area contributed by atoms with Gasteiger partial charge in [-0.1, -0.05) is 44.1 Å². The number of carbonyl (C=O) groups excluding carboxylic acids is 3. The average molecular weight is 554 g/mol. The van der Waals surface area contributed by atoms with Crippen LogP contribution in [0.3, 0.4) is 0 Å². The topological polar surface area (TPSA) is 122 Å². The molecule has 3 aliphatic heterocycles. The average Bonchev–Trinajstić information content (AvgIpc) is 3.40. The highest BCUT2D eigenvalue weighted by Gasteiger charge is 2.71. The number of hydrogen-bond donors (Lipinski definition) is 3. The van der Waals surface area contributed by atoms with Crippen molar-refractivity contribution in [2.45, 2.75) is 91.4 Å². The molecule has 0 aromatic heterocycles.